The van der Waals surface area contributed by atoms with Crippen LogP contribution in [0, 0.1) is 0 Å². The second-order valence-electron chi connectivity index (χ2n) is 6.00. The molecule has 0 spiro atoms. The molecule has 0 unspecified atom stereocenters. The summed E-state index contributed by atoms with van der Waals surface area (Å²) in [4.78, 5) is 35.2. The van der Waals surface area contributed by atoms with E-state index in [1.807, 2.05) is 30.3 Å². The SMILES string of the molecule is O=C(/C=C/c1ccccc1)Nc1ccc(C(=O)c2ccc(C(=O)[O-])cc2)cc1. The van der Waals surface area contributed by atoms with Gasteiger partial charge in [0.2, 0.25) is 5.91 Å². The van der Waals surface area contributed by atoms with E-state index in [4.69, 9.17) is 0 Å². The quantitative estimate of drug-likeness (QED) is 0.534. The number of ketones is 1. The van der Waals surface area contributed by atoms with Gasteiger partial charge >= 0.3 is 0 Å². The normalized spacial score (nSPS) is 10.6. The second-order valence-corrected chi connectivity index (χ2v) is 6.00. The lowest BCUT2D eigenvalue weighted by Crippen LogP contribution is -2.22. The first-order valence-corrected chi connectivity index (χ1v) is 8.53. The predicted molar refractivity (Wildman–Crippen MR) is 105 cm³/mol. The van der Waals surface area contributed by atoms with Crippen molar-refractivity contribution in [3.63, 3.8) is 0 Å². The Kier molecular flexibility index (Phi) is 5.77. The lowest BCUT2D eigenvalue weighted by molar-refractivity contribution is -0.255. The molecule has 1 amide bonds. The van der Waals surface area contributed by atoms with Gasteiger partial charge in [0.15, 0.2) is 5.78 Å². The van der Waals surface area contributed by atoms with Gasteiger partial charge in [0.1, 0.15) is 0 Å². The Morgan fingerprint density at radius 1 is 0.714 bits per heavy atom. The number of nitrogens with one attached hydrogen (secondary N) is 1. The van der Waals surface area contributed by atoms with Gasteiger partial charge in [-0.2, -0.15) is 0 Å². The number of hydrogen-bond donors (Lipinski definition) is 1. The molecule has 3 rings (SSSR count). The van der Waals surface area contributed by atoms with Gasteiger partial charge in [-0.05, 0) is 41.5 Å². The number of amides is 1. The number of carboxylic acid groups (broad SMARTS) is 1. The average Bonchev–Trinajstić information content (AvgIpc) is 2.73. The molecule has 28 heavy (non-hydrogen) atoms. The number of carbonyl (C=O) groups is 3. The zero-order chi connectivity index (χ0) is 19.9. The third-order valence-electron chi connectivity index (χ3n) is 4.02. The fourth-order valence-electron chi connectivity index (χ4n) is 2.55. The Labute approximate surface area is 162 Å². The summed E-state index contributed by atoms with van der Waals surface area (Å²) < 4.78 is 0. The topological polar surface area (TPSA) is 86.3 Å². The van der Waals surface area contributed by atoms with Crippen molar-refractivity contribution in [1.82, 2.24) is 0 Å². The summed E-state index contributed by atoms with van der Waals surface area (Å²) in [5, 5.41) is 13.5. The van der Waals surface area contributed by atoms with Crippen molar-refractivity contribution in [3.05, 3.63) is 107 Å². The van der Waals surface area contributed by atoms with Crippen molar-refractivity contribution in [2.45, 2.75) is 0 Å². The molecule has 138 valence electrons. The molecule has 3 aromatic carbocycles. The minimum absolute atomic E-state index is 0.0122. The summed E-state index contributed by atoms with van der Waals surface area (Å²) in [5.74, 6) is -1.81. The van der Waals surface area contributed by atoms with Gasteiger partial charge in [-0.25, -0.2) is 0 Å². The van der Waals surface area contributed by atoms with E-state index >= 15 is 0 Å². The molecule has 0 fully saturated rings. The van der Waals surface area contributed by atoms with E-state index < -0.39 is 5.97 Å². The van der Waals surface area contributed by atoms with Crippen molar-refractivity contribution >= 4 is 29.4 Å². The molecule has 0 saturated carbocycles. The smallest absolute Gasteiger partial charge is 0.248 e. The van der Waals surface area contributed by atoms with Crippen molar-refractivity contribution in [1.29, 1.82) is 0 Å². The molecule has 0 aliphatic rings. The summed E-state index contributed by atoms with van der Waals surface area (Å²) in [5.41, 5.74) is 2.29. The van der Waals surface area contributed by atoms with Gasteiger partial charge in [-0.3, -0.25) is 9.59 Å². The van der Waals surface area contributed by atoms with Crippen LogP contribution in [0.2, 0.25) is 0 Å². The highest BCUT2D eigenvalue weighted by atomic mass is 16.4. The molecule has 0 radical (unpaired) electrons. The van der Waals surface area contributed by atoms with Crippen LogP contribution in [0.25, 0.3) is 6.08 Å². The summed E-state index contributed by atoms with van der Waals surface area (Å²) in [6.07, 6.45) is 3.15. The van der Waals surface area contributed by atoms with Gasteiger partial charge in [-0.15, -0.1) is 0 Å². The van der Waals surface area contributed by atoms with Crippen molar-refractivity contribution in [2.24, 2.45) is 0 Å². The molecule has 0 saturated heterocycles. The second kappa shape index (κ2) is 8.60. The van der Waals surface area contributed by atoms with Gasteiger partial charge in [-0.1, -0.05) is 54.6 Å². The van der Waals surface area contributed by atoms with Crippen LogP contribution in [0.3, 0.4) is 0 Å². The summed E-state index contributed by atoms with van der Waals surface area (Å²) in [6.45, 7) is 0. The first-order valence-electron chi connectivity index (χ1n) is 8.53. The first-order chi connectivity index (χ1) is 13.5. The van der Waals surface area contributed by atoms with Crippen LogP contribution in [-0.2, 0) is 4.79 Å². The average molecular weight is 370 g/mol. The van der Waals surface area contributed by atoms with Gasteiger partial charge in [0, 0.05) is 22.9 Å². The van der Waals surface area contributed by atoms with Gasteiger partial charge in [0.05, 0.1) is 5.97 Å². The van der Waals surface area contributed by atoms with E-state index in [2.05, 4.69) is 5.32 Å². The van der Waals surface area contributed by atoms with E-state index in [9.17, 15) is 19.5 Å². The lowest BCUT2D eigenvalue weighted by atomic mass is 10.0. The van der Waals surface area contributed by atoms with Crippen molar-refractivity contribution in [3.8, 4) is 0 Å². The largest absolute Gasteiger partial charge is 0.545 e. The summed E-state index contributed by atoms with van der Waals surface area (Å²) in [6, 6.07) is 21.5. The zero-order valence-corrected chi connectivity index (χ0v) is 14.8. The first kappa shape index (κ1) is 18.8. The number of rotatable bonds is 6. The van der Waals surface area contributed by atoms with E-state index in [-0.39, 0.29) is 17.3 Å². The molecule has 0 aliphatic heterocycles. The molecule has 0 bridgehead atoms. The number of benzene rings is 3. The summed E-state index contributed by atoms with van der Waals surface area (Å²) >= 11 is 0. The minimum atomic E-state index is -1.29. The highest BCUT2D eigenvalue weighted by molar-refractivity contribution is 6.09. The molecule has 0 aromatic heterocycles. The molecule has 1 N–H and O–H groups in total. The van der Waals surface area contributed by atoms with E-state index in [0.29, 0.717) is 16.8 Å². The maximum atomic E-state index is 12.5. The maximum absolute atomic E-state index is 12.5. The van der Waals surface area contributed by atoms with Crippen molar-refractivity contribution in [2.75, 3.05) is 5.32 Å². The maximum Gasteiger partial charge on any atom is 0.248 e. The molecular formula is C23H16NO4-. The minimum Gasteiger partial charge on any atom is -0.545 e. The molecule has 0 aliphatic carbocycles. The van der Waals surface area contributed by atoms with E-state index in [1.54, 1.807) is 30.3 Å². The van der Waals surface area contributed by atoms with Crippen LogP contribution in [-0.4, -0.2) is 17.7 Å². The fourth-order valence-corrected chi connectivity index (χ4v) is 2.55. The predicted octanol–water partition coefficient (Wildman–Crippen LogP) is 2.93. The van der Waals surface area contributed by atoms with Gasteiger partial charge < -0.3 is 15.2 Å². The number of carboxylic acids is 1. The molecule has 3 aromatic rings. The fraction of sp³-hybridized carbons (Fsp3) is 0. The molecule has 5 heteroatoms. The Bertz CT molecular complexity index is 1020. The van der Waals surface area contributed by atoms with Crippen LogP contribution in [0.1, 0.15) is 31.8 Å². The summed E-state index contributed by atoms with van der Waals surface area (Å²) in [7, 11) is 0. The lowest BCUT2D eigenvalue weighted by Gasteiger charge is -2.06. The van der Waals surface area contributed by atoms with Crippen LogP contribution in [0.15, 0.2) is 84.9 Å². The molecular weight excluding hydrogens is 354 g/mol. The molecule has 0 atom stereocenters. The van der Waals surface area contributed by atoms with Crippen LogP contribution in [0.5, 0.6) is 0 Å². The molecule has 0 heterocycles. The number of hydrogen-bond acceptors (Lipinski definition) is 4. The Morgan fingerprint density at radius 3 is 1.82 bits per heavy atom. The van der Waals surface area contributed by atoms with Gasteiger partial charge in [0.25, 0.3) is 0 Å². The van der Waals surface area contributed by atoms with Crippen LogP contribution in [0.4, 0.5) is 5.69 Å². The number of aromatic carboxylic acids is 1. The molecule has 5 nitrogen and oxygen atoms in total. The third-order valence-corrected chi connectivity index (χ3v) is 4.02. The van der Waals surface area contributed by atoms with Crippen molar-refractivity contribution < 1.29 is 19.5 Å². The highest BCUT2D eigenvalue weighted by Gasteiger charge is 2.09. The highest BCUT2D eigenvalue weighted by Crippen LogP contribution is 2.15. The number of carbonyl (C=O) groups excluding carboxylic acids is 3. The van der Waals surface area contributed by atoms with Crippen LogP contribution >= 0.6 is 0 Å². The van der Waals surface area contributed by atoms with E-state index in [1.165, 1.54) is 30.3 Å². The van der Waals surface area contributed by atoms with E-state index in [0.717, 1.165) is 5.56 Å². The standard InChI is InChI=1S/C23H17NO4/c25-21(15-6-16-4-2-1-3-5-16)24-20-13-11-18(12-14-20)22(26)17-7-9-19(10-8-17)23(27)28/h1-15H,(H,24,25)(H,27,28)/p-1/b15-6+. The third kappa shape index (κ3) is 4.80. The Balaban J connectivity index is 1.64. The Hall–Kier alpha value is -3.99. The number of anilines is 1. The zero-order valence-electron chi connectivity index (χ0n) is 14.8. The monoisotopic (exact) mass is 370 g/mol. The van der Waals surface area contributed by atoms with Crippen LogP contribution < -0.4 is 10.4 Å². The Morgan fingerprint density at radius 2 is 1.25 bits per heavy atom.